The van der Waals surface area contributed by atoms with Gasteiger partial charge in [0.05, 0.1) is 0 Å². The van der Waals surface area contributed by atoms with Gasteiger partial charge in [-0.05, 0) is 6.42 Å². The van der Waals surface area contributed by atoms with E-state index in [1.54, 1.807) is 12.1 Å². The van der Waals surface area contributed by atoms with E-state index in [1.807, 2.05) is 25.1 Å². The largest absolute Gasteiger partial charge is 0.329 e. The fourth-order valence-corrected chi connectivity index (χ4v) is 1.69. The van der Waals surface area contributed by atoms with E-state index in [9.17, 15) is 9.59 Å². The lowest BCUT2D eigenvalue weighted by Gasteiger charge is -1.97. The highest BCUT2D eigenvalue weighted by molar-refractivity contribution is 6.05. The molecule has 16 heavy (non-hydrogen) atoms. The van der Waals surface area contributed by atoms with Crippen LogP contribution >= 0.6 is 0 Å². The average Bonchev–Trinajstić information content (AvgIpc) is 2.59. The standard InChI is InChI=1S/C13H13NO2/c1-9-7-11(14-13(9)16)8-12(15)10-5-3-2-4-6-10/h2-6,8-9H,7H2,1H3,(H,14,16). The molecule has 1 unspecified atom stereocenters. The first-order valence-electron chi connectivity index (χ1n) is 5.27. The summed E-state index contributed by atoms with van der Waals surface area (Å²) < 4.78 is 0. The molecule has 3 nitrogen and oxygen atoms in total. The molecule has 1 N–H and O–H groups in total. The van der Waals surface area contributed by atoms with Crippen molar-refractivity contribution in [3.8, 4) is 0 Å². The monoisotopic (exact) mass is 215 g/mol. The molecule has 1 atom stereocenters. The van der Waals surface area contributed by atoms with Crippen LogP contribution in [-0.4, -0.2) is 11.7 Å². The molecule has 0 aliphatic carbocycles. The van der Waals surface area contributed by atoms with Gasteiger partial charge in [-0.15, -0.1) is 0 Å². The van der Waals surface area contributed by atoms with Gasteiger partial charge < -0.3 is 5.32 Å². The molecule has 2 rings (SSSR count). The number of carbonyl (C=O) groups is 2. The molecule has 1 saturated heterocycles. The summed E-state index contributed by atoms with van der Waals surface area (Å²) in [5, 5.41) is 2.71. The third-order valence-electron chi connectivity index (χ3n) is 2.62. The Labute approximate surface area is 94.2 Å². The van der Waals surface area contributed by atoms with Crippen LogP contribution in [0, 0.1) is 5.92 Å². The van der Waals surface area contributed by atoms with E-state index in [4.69, 9.17) is 0 Å². The highest BCUT2D eigenvalue weighted by atomic mass is 16.2. The molecule has 0 aromatic heterocycles. The summed E-state index contributed by atoms with van der Waals surface area (Å²) in [5.74, 6) is -0.105. The van der Waals surface area contributed by atoms with Crippen LogP contribution in [0.4, 0.5) is 0 Å². The Morgan fingerprint density at radius 2 is 2.06 bits per heavy atom. The maximum atomic E-state index is 11.8. The van der Waals surface area contributed by atoms with Crippen molar-refractivity contribution in [3.63, 3.8) is 0 Å². The van der Waals surface area contributed by atoms with Crippen LogP contribution in [0.1, 0.15) is 23.7 Å². The summed E-state index contributed by atoms with van der Waals surface area (Å²) in [4.78, 5) is 23.0. The average molecular weight is 215 g/mol. The van der Waals surface area contributed by atoms with E-state index in [0.717, 1.165) is 0 Å². The number of ketones is 1. The Kier molecular flexibility index (Phi) is 2.86. The van der Waals surface area contributed by atoms with E-state index in [0.29, 0.717) is 17.7 Å². The lowest BCUT2D eigenvalue weighted by Crippen LogP contribution is -2.16. The molecule has 1 aromatic carbocycles. The van der Waals surface area contributed by atoms with E-state index in [2.05, 4.69) is 5.32 Å². The second kappa shape index (κ2) is 4.31. The lowest BCUT2D eigenvalue weighted by molar-refractivity contribution is -0.121. The molecular formula is C13H13NO2. The summed E-state index contributed by atoms with van der Waals surface area (Å²) in [5.41, 5.74) is 1.36. The number of hydrogen-bond donors (Lipinski definition) is 1. The van der Waals surface area contributed by atoms with Crippen molar-refractivity contribution in [2.75, 3.05) is 0 Å². The van der Waals surface area contributed by atoms with Gasteiger partial charge >= 0.3 is 0 Å². The van der Waals surface area contributed by atoms with E-state index >= 15 is 0 Å². The number of hydrogen-bond acceptors (Lipinski definition) is 2. The van der Waals surface area contributed by atoms with Crippen molar-refractivity contribution in [2.24, 2.45) is 5.92 Å². The molecule has 3 heteroatoms. The highest BCUT2D eigenvalue weighted by Crippen LogP contribution is 2.18. The number of amides is 1. The van der Waals surface area contributed by atoms with Crippen molar-refractivity contribution in [1.82, 2.24) is 5.32 Å². The van der Waals surface area contributed by atoms with E-state index < -0.39 is 0 Å². The van der Waals surface area contributed by atoms with Crippen LogP contribution in [0.5, 0.6) is 0 Å². The van der Waals surface area contributed by atoms with Crippen LogP contribution in [0.15, 0.2) is 42.1 Å². The fraction of sp³-hybridized carbons (Fsp3) is 0.231. The Morgan fingerprint density at radius 3 is 2.62 bits per heavy atom. The molecule has 1 fully saturated rings. The van der Waals surface area contributed by atoms with Crippen LogP contribution < -0.4 is 5.32 Å². The minimum atomic E-state index is -0.0648. The topological polar surface area (TPSA) is 46.2 Å². The number of carbonyl (C=O) groups excluding carboxylic acids is 2. The van der Waals surface area contributed by atoms with Crippen molar-refractivity contribution in [3.05, 3.63) is 47.7 Å². The summed E-state index contributed by atoms with van der Waals surface area (Å²) >= 11 is 0. The Morgan fingerprint density at radius 1 is 1.38 bits per heavy atom. The number of allylic oxidation sites excluding steroid dienone is 2. The van der Waals surface area contributed by atoms with Gasteiger partial charge in [0.25, 0.3) is 0 Å². The van der Waals surface area contributed by atoms with Gasteiger partial charge in [0.1, 0.15) is 0 Å². The Balaban J connectivity index is 2.14. The predicted octanol–water partition coefficient (Wildman–Crippen LogP) is 1.91. The third-order valence-corrected chi connectivity index (χ3v) is 2.62. The lowest BCUT2D eigenvalue weighted by atomic mass is 10.1. The van der Waals surface area contributed by atoms with Crippen LogP contribution in [0.3, 0.4) is 0 Å². The first kappa shape index (κ1) is 10.6. The van der Waals surface area contributed by atoms with Crippen molar-refractivity contribution in [1.29, 1.82) is 0 Å². The molecule has 1 heterocycles. The molecule has 1 amide bonds. The summed E-state index contributed by atoms with van der Waals surface area (Å²) in [6.45, 7) is 1.85. The number of benzene rings is 1. The van der Waals surface area contributed by atoms with Gasteiger partial charge in [-0.3, -0.25) is 9.59 Å². The van der Waals surface area contributed by atoms with Crippen molar-refractivity contribution in [2.45, 2.75) is 13.3 Å². The first-order chi connectivity index (χ1) is 7.66. The normalized spacial score (nSPS) is 22.2. The number of rotatable bonds is 2. The zero-order chi connectivity index (χ0) is 11.5. The van der Waals surface area contributed by atoms with Gasteiger partial charge in [-0.1, -0.05) is 37.3 Å². The van der Waals surface area contributed by atoms with Gasteiger partial charge in [0, 0.05) is 23.3 Å². The maximum absolute atomic E-state index is 11.8. The molecule has 1 aromatic rings. The molecule has 82 valence electrons. The smallest absolute Gasteiger partial charge is 0.227 e. The van der Waals surface area contributed by atoms with Crippen molar-refractivity contribution < 1.29 is 9.59 Å². The zero-order valence-corrected chi connectivity index (χ0v) is 9.07. The molecule has 0 saturated carbocycles. The molecule has 1 aliphatic rings. The number of nitrogens with one attached hydrogen (secondary N) is 1. The SMILES string of the molecule is CC1CC(=CC(=O)c2ccccc2)NC1=O. The Hall–Kier alpha value is -1.90. The first-order valence-corrected chi connectivity index (χ1v) is 5.27. The van der Waals surface area contributed by atoms with Crippen LogP contribution in [0.25, 0.3) is 0 Å². The Bertz CT molecular complexity index is 448. The minimum Gasteiger partial charge on any atom is -0.329 e. The summed E-state index contributed by atoms with van der Waals surface area (Å²) in [7, 11) is 0. The quantitative estimate of drug-likeness (QED) is 0.605. The van der Waals surface area contributed by atoms with E-state index in [-0.39, 0.29) is 17.6 Å². The molecular weight excluding hydrogens is 202 g/mol. The fourth-order valence-electron chi connectivity index (χ4n) is 1.69. The van der Waals surface area contributed by atoms with Gasteiger partial charge in [-0.25, -0.2) is 0 Å². The third kappa shape index (κ3) is 2.19. The van der Waals surface area contributed by atoms with Crippen LogP contribution in [0.2, 0.25) is 0 Å². The minimum absolute atomic E-state index is 0.00730. The second-order valence-electron chi connectivity index (χ2n) is 3.99. The van der Waals surface area contributed by atoms with Crippen molar-refractivity contribution >= 4 is 11.7 Å². The molecule has 0 spiro atoms. The predicted molar refractivity (Wildman–Crippen MR) is 60.8 cm³/mol. The molecule has 1 aliphatic heterocycles. The van der Waals surface area contributed by atoms with Gasteiger partial charge in [0.2, 0.25) is 5.91 Å². The zero-order valence-electron chi connectivity index (χ0n) is 9.07. The summed E-state index contributed by atoms with van der Waals surface area (Å²) in [6, 6.07) is 9.03. The summed E-state index contributed by atoms with van der Waals surface area (Å²) in [6.07, 6.45) is 2.13. The highest BCUT2D eigenvalue weighted by Gasteiger charge is 2.23. The molecule has 0 radical (unpaired) electrons. The van der Waals surface area contributed by atoms with E-state index in [1.165, 1.54) is 6.08 Å². The maximum Gasteiger partial charge on any atom is 0.227 e. The second-order valence-corrected chi connectivity index (χ2v) is 3.99. The van der Waals surface area contributed by atoms with Gasteiger partial charge in [-0.2, -0.15) is 0 Å². The van der Waals surface area contributed by atoms with Gasteiger partial charge in [0.15, 0.2) is 5.78 Å². The van der Waals surface area contributed by atoms with Crippen LogP contribution in [-0.2, 0) is 4.79 Å². The molecule has 0 bridgehead atoms.